The van der Waals surface area contributed by atoms with Crippen LogP contribution in [-0.2, 0) is 17.6 Å². The first-order valence-electron chi connectivity index (χ1n) is 10.0. The fourth-order valence-corrected chi connectivity index (χ4v) is 3.99. The summed E-state index contributed by atoms with van der Waals surface area (Å²) in [5.41, 5.74) is 4.33. The molecule has 4 heteroatoms. The Morgan fingerprint density at radius 1 is 1.11 bits per heavy atom. The lowest BCUT2D eigenvalue weighted by molar-refractivity contribution is -0.120. The molecule has 1 amide bonds. The molecule has 1 aliphatic rings. The van der Waals surface area contributed by atoms with E-state index < -0.39 is 0 Å². The number of nitrogens with one attached hydrogen (secondary N) is 1. The maximum atomic E-state index is 12.9. The number of aromatic nitrogens is 2. The van der Waals surface area contributed by atoms with Gasteiger partial charge < -0.3 is 5.32 Å². The summed E-state index contributed by atoms with van der Waals surface area (Å²) in [5.74, 6) is 1.13. The second kappa shape index (κ2) is 7.95. The average molecular weight is 361 g/mol. The highest BCUT2D eigenvalue weighted by Crippen LogP contribution is 2.27. The molecule has 0 bridgehead atoms. The first-order valence-corrected chi connectivity index (χ1v) is 10.0. The van der Waals surface area contributed by atoms with Gasteiger partial charge in [0.15, 0.2) is 0 Å². The van der Waals surface area contributed by atoms with Crippen molar-refractivity contribution in [2.75, 3.05) is 5.32 Å². The predicted molar refractivity (Wildman–Crippen MR) is 109 cm³/mol. The SMILES string of the molecule is Cc1ccn2c(NC(=O)C3CCCCC3)c(CCc3ccccc3)nc2c1. The number of hydrogen-bond donors (Lipinski definition) is 1. The maximum Gasteiger partial charge on any atom is 0.228 e. The standard InChI is InChI=1S/C23H27N3O/c1-17-14-15-26-21(16-17)24-20(13-12-18-8-4-2-5-9-18)22(26)25-23(27)19-10-6-3-7-11-19/h2,4-5,8-9,14-16,19H,3,6-7,10-13H2,1H3,(H,25,27). The van der Waals surface area contributed by atoms with Crippen molar-refractivity contribution in [3.63, 3.8) is 0 Å². The Balaban J connectivity index is 1.60. The molecule has 3 aromatic rings. The highest BCUT2D eigenvalue weighted by atomic mass is 16.2. The van der Waals surface area contributed by atoms with E-state index in [1.54, 1.807) is 0 Å². The summed E-state index contributed by atoms with van der Waals surface area (Å²) in [6.45, 7) is 2.07. The van der Waals surface area contributed by atoms with Gasteiger partial charge in [0.05, 0.1) is 5.69 Å². The average Bonchev–Trinajstić information content (AvgIpc) is 3.04. The molecule has 1 aliphatic carbocycles. The van der Waals surface area contributed by atoms with Gasteiger partial charge in [-0.15, -0.1) is 0 Å². The summed E-state index contributed by atoms with van der Waals surface area (Å²) in [4.78, 5) is 17.7. The van der Waals surface area contributed by atoms with Crippen molar-refractivity contribution in [1.82, 2.24) is 9.38 Å². The molecule has 4 rings (SSSR count). The second-order valence-electron chi connectivity index (χ2n) is 7.65. The highest BCUT2D eigenvalue weighted by Gasteiger charge is 2.23. The Labute approximate surface area is 160 Å². The van der Waals surface area contributed by atoms with Crippen LogP contribution in [0.25, 0.3) is 5.65 Å². The van der Waals surface area contributed by atoms with Gasteiger partial charge in [0.2, 0.25) is 5.91 Å². The van der Waals surface area contributed by atoms with Crippen LogP contribution in [-0.4, -0.2) is 15.3 Å². The first-order chi connectivity index (χ1) is 13.2. The Bertz CT molecular complexity index is 923. The number of carbonyl (C=O) groups excluding carboxylic acids is 1. The number of fused-ring (bicyclic) bond motifs is 1. The molecule has 1 saturated carbocycles. The van der Waals surface area contributed by atoms with Gasteiger partial charge in [-0.25, -0.2) is 4.98 Å². The number of anilines is 1. The molecule has 1 N–H and O–H groups in total. The van der Waals surface area contributed by atoms with Crippen LogP contribution < -0.4 is 5.32 Å². The summed E-state index contributed by atoms with van der Waals surface area (Å²) >= 11 is 0. The van der Waals surface area contributed by atoms with E-state index in [2.05, 4.69) is 48.6 Å². The number of nitrogens with zero attached hydrogens (tertiary/aromatic N) is 2. The van der Waals surface area contributed by atoms with E-state index in [0.29, 0.717) is 0 Å². The van der Waals surface area contributed by atoms with Gasteiger partial charge in [0.1, 0.15) is 11.5 Å². The van der Waals surface area contributed by atoms with Crippen molar-refractivity contribution >= 4 is 17.4 Å². The molecule has 140 valence electrons. The van der Waals surface area contributed by atoms with E-state index in [-0.39, 0.29) is 11.8 Å². The van der Waals surface area contributed by atoms with Crippen LogP contribution in [0.5, 0.6) is 0 Å². The minimum absolute atomic E-state index is 0.136. The summed E-state index contributed by atoms with van der Waals surface area (Å²) in [6.07, 6.45) is 9.31. The lowest BCUT2D eigenvalue weighted by atomic mass is 9.88. The third-order valence-corrected chi connectivity index (χ3v) is 5.56. The number of aryl methyl sites for hydroxylation is 3. The Hall–Kier alpha value is -2.62. The molecular formula is C23H27N3O. The normalized spacial score (nSPS) is 15.1. The largest absolute Gasteiger partial charge is 0.310 e. The highest BCUT2D eigenvalue weighted by molar-refractivity contribution is 5.92. The van der Waals surface area contributed by atoms with Crippen molar-refractivity contribution < 1.29 is 4.79 Å². The van der Waals surface area contributed by atoms with Gasteiger partial charge in [-0.2, -0.15) is 0 Å². The molecule has 27 heavy (non-hydrogen) atoms. The molecular weight excluding hydrogens is 334 g/mol. The third-order valence-electron chi connectivity index (χ3n) is 5.56. The van der Waals surface area contributed by atoms with E-state index in [1.807, 2.05) is 16.7 Å². The molecule has 1 aromatic carbocycles. The molecule has 0 saturated heterocycles. The molecule has 0 radical (unpaired) electrons. The molecule has 0 unspecified atom stereocenters. The molecule has 1 fully saturated rings. The summed E-state index contributed by atoms with van der Waals surface area (Å²) in [5, 5.41) is 3.22. The van der Waals surface area contributed by atoms with Crippen LogP contribution in [0.4, 0.5) is 5.82 Å². The molecule has 2 aromatic heterocycles. The number of carbonyl (C=O) groups is 1. The van der Waals surface area contributed by atoms with Crippen LogP contribution in [0.3, 0.4) is 0 Å². The van der Waals surface area contributed by atoms with Gasteiger partial charge in [-0.3, -0.25) is 9.20 Å². The fourth-order valence-electron chi connectivity index (χ4n) is 3.99. The fraction of sp³-hybridized carbons (Fsp3) is 0.391. The van der Waals surface area contributed by atoms with E-state index in [0.717, 1.165) is 55.7 Å². The van der Waals surface area contributed by atoms with E-state index in [4.69, 9.17) is 4.98 Å². The van der Waals surface area contributed by atoms with Crippen molar-refractivity contribution in [2.45, 2.75) is 51.9 Å². The van der Waals surface area contributed by atoms with Crippen LogP contribution >= 0.6 is 0 Å². The second-order valence-corrected chi connectivity index (χ2v) is 7.65. The molecule has 4 nitrogen and oxygen atoms in total. The molecule has 0 aliphatic heterocycles. The zero-order valence-corrected chi connectivity index (χ0v) is 15.9. The summed E-state index contributed by atoms with van der Waals surface area (Å²) in [6, 6.07) is 14.6. The van der Waals surface area contributed by atoms with Crippen molar-refractivity contribution in [2.24, 2.45) is 5.92 Å². The zero-order valence-electron chi connectivity index (χ0n) is 15.9. The topological polar surface area (TPSA) is 46.4 Å². The monoisotopic (exact) mass is 361 g/mol. The van der Waals surface area contributed by atoms with Crippen molar-refractivity contribution in [3.8, 4) is 0 Å². The summed E-state index contributed by atoms with van der Waals surface area (Å²) < 4.78 is 2.02. The van der Waals surface area contributed by atoms with Gasteiger partial charge in [-0.1, -0.05) is 49.6 Å². The number of hydrogen-bond acceptors (Lipinski definition) is 2. The first kappa shape index (κ1) is 17.8. The van der Waals surface area contributed by atoms with E-state index >= 15 is 0 Å². The van der Waals surface area contributed by atoms with Gasteiger partial charge in [-0.05, 0) is 55.9 Å². The number of amides is 1. The minimum atomic E-state index is 0.136. The lowest BCUT2D eigenvalue weighted by Gasteiger charge is -2.21. The smallest absolute Gasteiger partial charge is 0.228 e. The van der Waals surface area contributed by atoms with Crippen molar-refractivity contribution in [3.05, 3.63) is 65.5 Å². The lowest BCUT2D eigenvalue weighted by Crippen LogP contribution is -2.25. The van der Waals surface area contributed by atoms with Crippen LogP contribution in [0.2, 0.25) is 0 Å². The van der Waals surface area contributed by atoms with Gasteiger partial charge in [0, 0.05) is 12.1 Å². The number of rotatable bonds is 5. The molecule has 2 heterocycles. The minimum Gasteiger partial charge on any atom is -0.310 e. The zero-order chi connectivity index (χ0) is 18.6. The van der Waals surface area contributed by atoms with Crippen molar-refractivity contribution in [1.29, 1.82) is 0 Å². The van der Waals surface area contributed by atoms with E-state index in [9.17, 15) is 4.79 Å². The number of pyridine rings is 1. The maximum absolute atomic E-state index is 12.9. The Morgan fingerprint density at radius 2 is 1.89 bits per heavy atom. The Morgan fingerprint density at radius 3 is 2.67 bits per heavy atom. The molecule has 0 spiro atoms. The number of imidazole rings is 1. The molecule has 0 atom stereocenters. The number of benzene rings is 1. The quantitative estimate of drug-likeness (QED) is 0.699. The van der Waals surface area contributed by atoms with Crippen LogP contribution in [0.15, 0.2) is 48.7 Å². The Kier molecular flexibility index (Phi) is 5.23. The summed E-state index contributed by atoms with van der Waals surface area (Å²) in [7, 11) is 0. The van der Waals surface area contributed by atoms with Crippen LogP contribution in [0.1, 0.15) is 48.9 Å². The predicted octanol–water partition coefficient (Wildman–Crippen LogP) is 4.95. The van der Waals surface area contributed by atoms with Crippen LogP contribution in [0, 0.1) is 12.8 Å². The van der Waals surface area contributed by atoms with Gasteiger partial charge >= 0.3 is 0 Å². The van der Waals surface area contributed by atoms with Gasteiger partial charge in [0.25, 0.3) is 0 Å². The third kappa shape index (κ3) is 4.05. The van der Waals surface area contributed by atoms with E-state index in [1.165, 1.54) is 17.5 Å².